The van der Waals surface area contributed by atoms with Crippen molar-refractivity contribution in [1.82, 2.24) is 5.32 Å². The van der Waals surface area contributed by atoms with Crippen LogP contribution in [0.15, 0.2) is 24.3 Å². The summed E-state index contributed by atoms with van der Waals surface area (Å²) in [5.41, 5.74) is 0.967. The molecule has 0 spiro atoms. The zero-order valence-electron chi connectivity index (χ0n) is 9.36. The highest BCUT2D eigenvalue weighted by molar-refractivity contribution is 5.94. The van der Waals surface area contributed by atoms with Gasteiger partial charge in [-0.2, -0.15) is 5.26 Å². The first-order chi connectivity index (χ1) is 7.67. The van der Waals surface area contributed by atoms with E-state index in [1.165, 1.54) is 0 Å². The van der Waals surface area contributed by atoms with E-state index in [0.29, 0.717) is 17.7 Å². The van der Waals surface area contributed by atoms with Crippen LogP contribution < -0.4 is 5.32 Å². The van der Waals surface area contributed by atoms with Crippen LogP contribution in [0.25, 0.3) is 0 Å². The number of methoxy groups -OCH3 is 1. The molecule has 1 unspecified atom stereocenters. The topological polar surface area (TPSA) is 62.1 Å². The first-order valence-electron chi connectivity index (χ1n) is 4.97. The van der Waals surface area contributed by atoms with Gasteiger partial charge in [0.05, 0.1) is 18.2 Å². The largest absolute Gasteiger partial charge is 0.383 e. The maximum Gasteiger partial charge on any atom is 0.251 e. The van der Waals surface area contributed by atoms with Crippen LogP contribution in [-0.2, 0) is 4.74 Å². The Hall–Kier alpha value is -1.86. The van der Waals surface area contributed by atoms with Crippen molar-refractivity contribution in [2.24, 2.45) is 0 Å². The molecule has 0 aromatic heterocycles. The van der Waals surface area contributed by atoms with Crippen LogP contribution in [0, 0.1) is 11.3 Å². The van der Waals surface area contributed by atoms with E-state index in [2.05, 4.69) is 5.32 Å². The van der Waals surface area contributed by atoms with Gasteiger partial charge >= 0.3 is 0 Å². The van der Waals surface area contributed by atoms with Crippen LogP contribution in [0.4, 0.5) is 0 Å². The van der Waals surface area contributed by atoms with Gasteiger partial charge in [0.2, 0.25) is 0 Å². The molecule has 0 radical (unpaired) electrons. The van der Waals surface area contributed by atoms with Crippen LogP contribution in [0.5, 0.6) is 0 Å². The summed E-state index contributed by atoms with van der Waals surface area (Å²) in [6.45, 7) is 2.32. The van der Waals surface area contributed by atoms with E-state index in [1.807, 2.05) is 13.0 Å². The lowest BCUT2D eigenvalue weighted by Crippen LogP contribution is -2.35. The molecule has 4 nitrogen and oxygen atoms in total. The van der Waals surface area contributed by atoms with Crippen LogP contribution in [-0.4, -0.2) is 25.7 Å². The molecular formula is C12H14N2O2. The molecule has 16 heavy (non-hydrogen) atoms. The predicted octanol–water partition coefficient (Wildman–Crippen LogP) is 1.32. The molecule has 1 aromatic carbocycles. The predicted molar refractivity (Wildman–Crippen MR) is 60.0 cm³/mol. The summed E-state index contributed by atoms with van der Waals surface area (Å²) in [4.78, 5) is 11.7. The van der Waals surface area contributed by atoms with Crippen LogP contribution in [0.3, 0.4) is 0 Å². The maximum absolute atomic E-state index is 11.7. The average Bonchev–Trinajstić information content (AvgIpc) is 2.29. The van der Waals surface area contributed by atoms with Crippen LogP contribution in [0.2, 0.25) is 0 Å². The van der Waals surface area contributed by atoms with Crippen molar-refractivity contribution in [1.29, 1.82) is 5.26 Å². The third-order valence-electron chi connectivity index (χ3n) is 2.05. The molecule has 0 fully saturated rings. The number of amides is 1. The summed E-state index contributed by atoms with van der Waals surface area (Å²) in [6.07, 6.45) is 0. The molecule has 0 aliphatic rings. The number of rotatable bonds is 4. The number of nitrogens with zero attached hydrogens (tertiary/aromatic N) is 1. The van der Waals surface area contributed by atoms with Crippen molar-refractivity contribution in [3.8, 4) is 6.07 Å². The zero-order chi connectivity index (χ0) is 12.0. The summed E-state index contributed by atoms with van der Waals surface area (Å²) in [7, 11) is 1.58. The van der Waals surface area contributed by atoms with Crippen molar-refractivity contribution in [2.75, 3.05) is 13.7 Å². The first kappa shape index (κ1) is 12.2. The molecule has 1 N–H and O–H groups in total. The fraction of sp³-hybridized carbons (Fsp3) is 0.333. The van der Waals surface area contributed by atoms with E-state index in [0.717, 1.165) is 0 Å². The number of carbonyl (C=O) groups excluding carboxylic acids is 1. The van der Waals surface area contributed by atoms with Crippen molar-refractivity contribution in [3.05, 3.63) is 35.4 Å². The maximum atomic E-state index is 11.7. The van der Waals surface area contributed by atoms with Crippen molar-refractivity contribution < 1.29 is 9.53 Å². The average molecular weight is 218 g/mol. The quantitative estimate of drug-likeness (QED) is 0.829. The summed E-state index contributed by atoms with van der Waals surface area (Å²) in [5, 5.41) is 11.5. The van der Waals surface area contributed by atoms with Crippen LogP contribution in [0.1, 0.15) is 22.8 Å². The van der Waals surface area contributed by atoms with Crippen molar-refractivity contribution in [2.45, 2.75) is 13.0 Å². The first-order valence-corrected chi connectivity index (χ1v) is 4.97. The van der Waals surface area contributed by atoms with E-state index < -0.39 is 0 Å². The van der Waals surface area contributed by atoms with E-state index in [4.69, 9.17) is 10.00 Å². The number of benzene rings is 1. The van der Waals surface area contributed by atoms with E-state index in [-0.39, 0.29) is 11.9 Å². The highest BCUT2D eigenvalue weighted by Gasteiger charge is 2.09. The number of hydrogen-bond acceptors (Lipinski definition) is 3. The molecule has 0 aliphatic carbocycles. The van der Waals surface area contributed by atoms with Gasteiger partial charge in [0.15, 0.2) is 0 Å². The van der Waals surface area contributed by atoms with Gasteiger partial charge in [-0.1, -0.05) is 6.07 Å². The minimum atomic E-state index is -0.193. The number of hydrogen-bond donors (Lipinski definition) is 1. The van der Waals surface area contributed by atoms with Gasteiger partial charge in [-0.05, 0) is 25.1 Å². The van der Waals surface area contributed by atoms with Gasteiger partial charge in [0.25, 0.3) is 5.91 Å². The van der Waals surface area contributed by atoms with Gasteiger partial charge in [0, 0.05) is 18.7 Å². The van der Waals surface area contributed by atoms with E-state index in [9.17, 15) is 4.79 Å². The fourth-order valence-electron chi connectivity index (χ4n) is 1.33. The highest BCUT2D eigenvalue weighted by Crippen LogP contribution is 2.04. The Morgan fingerprint density at radius 3 is 3.00 bits per heavy atom. The molecule has 84 valence electrons. The van der Waals surface area contributed by atoms with Gasteiger partial charge in [-0.25, -0.2) is 0 Å². The Balaban J connectivity index is 2.70. The summed E-state index contributed by atoms with van der Waals surface area (Å²) in [6, 6.07) is 8.54. The molecule has 1 amide bonds. The molecule has 0 heterocycles. The molecule has 0 aliphatic heterocycles. The molecule has 0 saturated carbocycles. The summed E-state index contributed by atoms with van der Waals surface area (Å²) < 4.78 is 4.92. The number of carbonyl (C=O) groups is 1. The lowest BCUT2D eigenvalue weighted by molar-refractivity contribution is 0.0905. The van der Waals surface area contributed by atoms with Crippen molar-refractivity contribution in [3.63, 3.8) is 0 Å². The second-order valence-corrected chi connectivity index (χ2v) is 3.52. The molecule has 1 aromatic rings. The normalized spacial score (nSPS) is 11.6. The molecule has 4 heteroatoms. The van der Waals surface area contributed by atoms with Crippen LogP contribution >= 0.6 is 0 Å². The Morgan fingerprint density at radius 1 is 1.62 bits per heavy atom. The Kier molecular flexibility index (Phi) is 4.49. The van der Waals surface area contributed by atoms with Gasteiger partial charge in [0.1, 0.15) is 0 Å². The lowest BCUT2D eigenvalue weighted by Gasteiger charge is -2.12. The van der Waals surface area contributed by atoms with Gasteiger partial charge in [-0.15, -0.1) is 0 Å². The van der Waals surface area contributed by atoms with E-state index in [1.54, 1.807) is 31.4 Å². The van der Waals surface area contributed by atoms with E-state index >= 15 is 0 Å². The third kappa shape index (κ3) is 3.37. The summed E-state index contributed by atoms with van der Waals surface area (Å²) >= 11 is 0. The smallest absolute Gasteiger partial charge is 0.251 e. The number of ether oxygens (including phenoxy) is 1. The molecule has 1 atom stereocenters. The SMILES string of the molecule is COCC(C)NC(=O)c1cccc(C#N)c1. The lowest BCUT2D eigenvalue weighted by atomic mass is 10.1. The Labute approximate surface area is 94.8 Å². The number of nitriles is 1. The standard InChI is InChI=1S/C12H14N2O2/c1-9(8-16-2)14-12(15)11-5-3-4-10(6-11)7-13/h3-6,9H,8H2,1-2H3,(H,14,15). The Bertz CT molecular complexity index is 410. The van der Waals surface area contributed by atoms with Gasteiger partial charge < -0.3 is 10.1 Å². The van der Waals surface area contributed by atoms with Crippen molar-refractivity contribution >= 4 is 5.91 Å². The third-order valence-corrected chi connectivity index (χ3v) is 2.05. The second-order valence-electron chi connectivity index (χ2n) is 3.52. The van der Waals surface area contributed by atoms with Gasteiger partial charge in [-0.3, -0.25) is 4.79 Å². The molecule has 1 rings (SSSR count). The number of nitrogens with one attached hydrogen (secondary N) is 1. The highest BCUT2D eigenvalue weighted by atomic mass is 16.5. The molecular weight excluding hydrogens is 204 g/mol. The molecule has 0 saturated heterocycles. The monoisotopic (exact) mass is 218 g/mol. The minimum Gasteiger partial charge on any atom is -0.383 e. The second kappa shape index (κ2) is 5.89. The summed E-state index contributed by atoms with van der Waals surface area (Å²) in [5.74, 6) is -0.193. The Morgan fingerprint density at radius 2 is 2.38 bits per heavy atom. The minimum absolute atomic E-state index is 0.0526. The zero-order valence-corrected chi connectivity index (χ0v) is 9.36. The fourth-order valence-corrected chi connectivity index (χ4v) is 1.33. The molecule has 0 bridgehead atoms.